The quantitative estimate of drug-likeness (QED) is 0.814. The molecule has 1 aromatic rings. The van der Waals surface area contributed by atoms with Gasteiger partial charge in [0.05, 0.1) is 0 Å². The Kier molecular flexibility index (Phi) is 3.08. The lowest BCUT2D eigenvalue weighted by Crippen LogP contribution is -2.45. The van der Waals surface area contributed by atoms with Crippen molar-refractivity contribution in [1.29, 1.82) is 0 Å². The highest BCUT2D eigenvalue weighted by Crippen LogP contribution is 2.39. The van der Waals surface area contributed by atoms with Gasteiger partial charge in [0.2, 0.25) is 5.91 Å². The van der Waals surface area contributed by atoms with Crippen LogP contribution in [0.1, 0.15) is 24.8 Å². The van der Waals surface area contributed by atoms with Crippen LogP contribution in [0, 0.1) is 5.92 Å². The molecule has 0 saturated carbocycles. The van der Waals surface area contributed by atoms with Gasteiger partial charge in [-0.3, -0.25) is 4.79 Å². The van der Waals surface area contributed by atoms with E-state index in [1.54, 1.807) is 6.92 Å². The maximum atomic E-state index is 11.8. The van der Waals surface area contributed by atoms with Crippen LogP contribution >= 0.6 is 0 Å². The standard InChI is InChI=1S/C15H20N2O/c1-11(18)17-10-14(12-5-3-2-4-6-12)13-9-16-8-7-15(13)17/h2-6,13-16H,7-10H2,1H3/t13-,14-,15-/m1/s1. The van der Waals surface area contributed by atoms with E-state index in [0.717, 1.165) is 26.1 Å². The topological polar surface area (TPSA) is 32.3 Å². The predicted octanol–water partition coefficient (Wildman–Crippen LogP) is 1.61. The summed E-state index contributed by atoms with van der Waals surface area (Å²) in [6.07, 6.45) is 1.09. The number of carbonyl (C=O) groups excluding carboxylic acids is 1. The molecule has 1 amide bonds. The maximum Gasteiger partial charge on any atom is 0.219 e. The SMILES string of the molecule is CC(=O)N1C[C@H](c2ccccc2)[C@H]2CNCC[C@H]21. The number of likely N-dealkylation sites (tertiary alicyclic amines) is 1. The highest BCUT2D eigenvalue weighted by Gasteiger charge is 2.44. The van der Waals surface area contributed by atoms with Crippen molar-refractivity contribution in [1.82, 2.24) is 10.2 Å². The Bertz CT molecular complexity index is 431. The van der Waals surface area contributed by atoms with E-state index < -0.39 is 0 Å². The molecule has 2 saturated heterocycles. The number of fused-ring (bicyclic) bond motifs is 1. The number of amides is 1. The summed E-state index contributed by atoms with van der Waals surface area (Å²) in [7, 11) is 0. The van der Waals surface area contributed by atoms with Crippen LogP contribution in [0.25, 0.3) is 0 Å². The molecule has 1 aromatic carbocycles. The van der Waals surface area contributed by atoms with E-state index in [9.17, 15) is 4.79 Å². The zero-order valence-corrected chi connectivity index (χ0v) is 10.8. The summed E-state index contributed by atoms with van der Waals surface area (Å²) in [6, 6.07) is 11.1. The van der Waals surface area contributed by atoms with Gasteiger partial charge in [0.1, 0.15) is 0 Å². The molecule has 3 nitrogen and oxygen atoms in total. The predicted molar refractivity (Wildman–Crippen MR) is 71.3 cm³/mol. The van der Waals surface area contributed by atoms with Gasteiger partial charge in [0, 0.05) is 37.9 Å². The smallest absolute Gasteiger partial charge is 0.219 e. The van der Waals surface area contributed by atoms with Gasteiger partial charge in [-0.25, -0.2) is 0 Å². The number of carbonyl (C=O) groups is 1. The molecule has 3 heteroatoms. The molecule has 0 aliphatic carbocycles. The van der Waals surface area contributed by atoms with Gasteiger partial charge in [-0.2, -0.15) is 0 Å². The van der Waals surface area contributed by atoms with Crippen LogP contribution < -0.4 is 5.32 Å². The fraction of sp³-hybridized carbons (Fsp3) is 0.533. The van der Waals surface area contributed by atoms with Crippen molar-refractivity contribution in [2.75, 3.05) is 19.6 Å². The molecule has 2 fully saturated rings. The summed E-state index contributed by atoms with van der Waals surface area (Å²) in [5, 5.41) is 3.48. The molecular formula is C15H20N2O. The first kappa shape index (κ1) is 11.7. The van der Waals surface area contributed by atoms with Crippen LogP contribution in [0.5, 0.6) is 0 Å². The molecule has 0 bridgehead atoms. The zero-order chi connectivity index (χ0) is 12.5. The normalized spacial score (nSPS) is 31.2. The number of rotatable bonds is 1. The molecule has 0 aromatic heterocycles. The van der Waals surface area contributed by atoms with E-state index >= 15 is 0 Å². The first-order valence-electron chi connectivity index (χ1n) is 6.80. The Labute approximate surface area is 108 Å². The van der Waals surface area contributed by atoms with E-state index in [4.69, 9.17) is 0 Å². The van der Waals surface area contributed by atoms with E-state index in [0.29, 0.717) is 17.9 Å². The van der Waals surface area contributed by atoms with Gasteiger partial charge in [0.25, 0.3) is 0 Å². The third-order valence-corrected chi connectivity index (χ3v) is 4.43. The largest absolute Gasteiger partial charge is 0.339 e. The number of hydrogen-bond acceptors (Lipinski definition) is 2. The van der Waals surface area contributed by atoms with Gasteiger partial charge in [0.15, 0.2) is 0 Å². The van der Waals surface area contributed by atoms with Crippen LogP contribution in [0.3, 0.4) is 0 Å². The maximum absolute atomic E-state index is 11.8. The molecule has 96 valence electrons. The molecule has 2 aliphatic heterocycles. The van der Waals surface area contributed by atoms with Crippen molar-refractivity contribution in [3.05, 3.63) is 35.9 Å². The molecule has 1 N–H and O–H groups in total. The van der Waals surface area contributed by atoms with Crippen molar-refractivity contribution in [2.45, 2.75) is 25.3 Å². The minimum atomic E-state index is 0.227. The third-order valence-electron chi connectivity index (χ3n) is 4.43. The van der Waals surface area contributed by atoms with Crippen LogP contribution in [-0.2, 0) is 4.79 Å². The average Bonchev–Trinajstić information content (AvgIpc) is 2.79. The Morgan fingerprint density at radius 3 is 2.83 bits per heavy atom. The molecule has 3 atom stereocenters. The zero-order valence-electron chi connectivity index (χ0n) is 10.8. The van der Waals surface area contributed by atoms with Crippen molar-refractivity contribution in [3.63, 3.8) is 0 Å². The molecule has 0 unspecified atom stereocenters. The second-order valence-corrected chi connectivity index (χ2v) is 5.41. The first-order chi connectivity index (χ1) is 8.77. The summed E-state index contributed by atoms with van der Waals surface area (Å²) >= 11 is 0. The van der Waals surface area contributed by atoms with E-state index in [2.05, 4.69) is 40.5 Å². The third kappa shape index (κ3) is 1.93. The lowest BCUT2D eigenvalue weighted by molar-refractivity contribution is -0.130. The molecule has 3 rings (SSSR count). The summed E-state index contributed by atoms with van der Waals surface area (Å²) in [6.45, 7) is 4.66. The Balaban J connectivity index is 1.89. The molecule has 2 aliphatic rings. The highest BCUT2D eigenvalue weighted by molar-refractivity contribution is 5.74. The van der Waals surface area contributed by atoms with Gasteiger partial charge in [-0.15, -0.1) is 0 Å². The number of benzene rings is 1. The molecule has 0 spiro atoms. The van der Waals surface area contributed by atoms with Gasteiger partial charge >= 0.3 is 0 Å². The van der Waals surface area contributed by atoms with Crippen molar-refractivity contribution >= 4 is 5.91 Å². The number of nitrogens with one attached hydrogen (secondary N) is 1. The Morgan fingerprint density at radius 1 is 1.33 bits per heavy atom. The molecular weight excluding hydrogens is 224 g/mol. The first-order valence-corrected chi connectivity index (χ1v) is 6.80. The molecule has 0 radical (unpaired) electrons. The highest BCUT2D eigenvalue weighted by atomic mass is 16.2. The Morgan fingerprint density at radius 2 is 2.11 bits per heavy atom. The molecule has 2 heterocycles. The lowest BCUT2D eigenvalue weighted by Gasteiger charge is -2.32. The van der Waals surface area contributed by atoms with Gasteiger partial charge < -0.3 is 10.2 Å². The average molecular weight is 244 g/mol. The van der Waals surface area contributed by atoms with Crippen molar-refractivity contribution < 1.29 is 4.79 Å². The van der Waals surface area contributed by atoms with Crippen LogP contribution in [0.4, 0.5) is 0 Å². The van der Waals surface area contributed by atoms with Crippen molar-refractivity contribution in [3.8, 4) is 0 Å². The minimum Gasteiger partial charge on any atom is -0.339 e. The van der Waals surface area contributed by atoms with Gasteiger partial charge in [-0.05, 0) is 18.5 Å². The summed E-state index contributed by atoms with van der Waals surface area (Å²) in [5.41, 5.74) is 1.37. The van der Waals surface area contributed by atoms with Crippen LogP contribution in [0.2, 0.25) is 0 Å². The van der Waals surface area contributed by atoms with E-state index in [1.807, 2.05) is 0 Å². The number of nitrogens with zero attached hydrogens (tertiary/aromatic N) is 1. The van der Waals surface area contributed by atoms with Crippen molar-refractivity contribution in [2.24, 2.45) is 5.92 Å². The number of piperidine rings is 1. The fourth-order valence-electron chi connectivity index (χ4n) is 3.56. The van der Waals surface area contributed by atoms with E-state index in [-0.39, 0.29) is 5.91 Å². The molecule has 18 heavy (non-hydrogen) atoms. The minimum absolute atomic E-state index is 0.227. The fourth-order valence-corrected chi connectivity index (χ4v) is 3.56. The second-order valence-electron chi connectivity index (χ2n) is 5.41. The van der Waals surface area contributed by atoms with Gasteiger partial charge in [-0.1, -0.05) is 30.3 Å². The van der Waals surface area contributed by atoms with Crippen LogP contribution in [-0.4, -0.2) is 36.5 Å². The summed E-state index contributed by atoms with van der Waals surface area (Å²) in [4.78, 5) is 13.9. The summed E-state index contributed by atoms with van der Waals surface area (Å²) in [5.74, 6) is 1.29. The Hall–Kier alpha value is -1.35. The lowest BCUT2D eigenvalue weighted by atomic mass is 9.82. The monoisotopic (exact) mass is 244 g/mol. The number of hydrogen-bond donors (Lipinski definition) is 1. The summed E-state index contributed by atoms with van der Waals surface area (Å²) < 4.78 is 0. The van der Waals surface area contributed by atoms with Crippen LogP contribution in [0.15, 0.2) is 30.3 Å². The second kappa shape index (κ2) is 4.73. The van der Waals surface area contributed by atoms with E-state index in [1.165, 1.54) is 5.56 Å².